The van der Waals surface area contributed by atoms with Crippen LogP contribution in [0.3, 0.4) is 0 Å². The number of Topliss-reactive ketones (excluding diaryl/α,β-unsaturated/α-hetero) is 1. The molecule has 1 amide bonds. The zero-order chi connectivity index (χ0) is 16.7. The first-order chi connectivity index (χ1) is 10.9. The van der Waals surface area contributed by atoms with E-state index in [1.54, 1.807) is 23.1 Å². The molecule has 1 unspecified atom stereocenters. The van der Waals surface area contributed by atoms with E-state index in [4.69, 9.17) is 23.2 Å². The van der Waals surface area contributed by atoms with Crippen LogP contribution in [0.1, 0.15) is 39.6 Å². The quantitative estimate of drug-likeness (QED) is 0.733. The van der Waals surface area contributed by atoms with Gasteiger partial charge in [0.05, 0.1) is 15.7 Å². The Bertz CT molecular complexity index is 817. The monoisotopic (exact) mass is 347 g/mol. The van der Waals surface area contributed by atoms with Crippen molar-refractivity contribution in [2.45, 2.75) is 26.3 Å². The van der Waals surface area contributed by atoms with Crippen molar-refractivity contribution in [1.29, 1.82) is 0 Å². The summed E-state index contributed by atoms with van der Waals surface area (Å²) in [6.07, 6.45) is 0.309. The van der Waals surface area contributed by atoms with Gasteiger partial charge in [0.15, 0.2) is 5.78 Å². The van der Waals surface area contributed by atoms with Crippen molar-refractivity contribution in [2.24, 2.45) is 0 Å². The summed E-state index contributed by atoms with van der Waals surface area (Å²) in [4.78, 5) is 26.9. The third-order valence-electron chi connectivity index (χ3n) is 4.02. The van der Waals surface area contributed by atoms with Crippen molar-refractivity contribution in [3.05, 3.63) is 63.1 Å². The predicted molar refractivity (Wildman–Crippen MR) is 92.9 cm³/mol. The lowest BCUT2D eigenvalue weighted by Gasteiger charge is -2.34. The molecule has 5 heteroatoms. The van der Waals surface area contributed by atoms with Gasteiger partial charge in [-0.15, -0.1) is 0 Å². The Balaban J connectivity index is 2.08. The van der Waals surface area contributed by atoms with Crippen LogP contribution in [0.15, 0.2) is 36.4 Å². The van der Waals surface area contributed by atoms with E-state index in [0.29, 0.717) is 33.3 Å². The number of carbonyl (C=O) groups is 2. The molecular weight excluding hydrogens is 333 g/mol. The molecule has 0 N–H and O–H groups in total. The summed E-state index contributed by atoms with van der Waals surface area (Å²) in [6.45, 7) is 3.80. The van der Waals surface area contributed by atoms with Gasteiger partial charge >= 0.3 is 0 Å². The summed E-state index contributed by atoms with van der Waals surface area (Å²) in [5, 5.41) is 0.739. The van der Waals surface area contributed by atoms with Gasteiger partial charge in [-0.3, -0.25) is 9.59 Å². The summed E-state index contributed by atoms with van der Waals surface area (Å²) < 4.78 is 0. The van der Waals surface area contributed by atoms with Crippen LogP contribution in [-0.4, -0.2) is 17.7 Å². The molecule has 23 heavy (non-hydrogen) atoms. The van der Waals surface area contributed by atoms with Crippen LogP contribution in [0.4, 0.5) is 5.69 Å². The van der Waals surface area contributed by atoms with Crippen molar-refractivity contribution in [3.8, 4) is 0 Å². The van der Waals surface area contributed by atoms with Crippen LogP contribution < -0.4 is 4.90 Å². The third-order valence-corrected chi connectivity index (χ3v) is 4.76. The lowest BCUT2D eigenvalue weighted by Crippen LogP contribution is -2.44. The number of rotatable bonds is 1. The fraction of sp³-hybridized carbons (Fsp3) is 0.222. The number of halogens is 2. The Morgan fingerprint density at radius 3 is 2.57 bits per heavy atom. The lowest BCUT2D eigenvalue weighted by atomic mass is 9.93. The number of nitrogens with zero attached hydrogens (tertiary/aromatic N) is 1. The number of hydrogen-bond acceptors (Lipinski definition) is 2. The Morgan fingerprint density at radius 1 is 1.13 bits per heavy atom. The van der Waals surface area contributed by atoms with Gasteiger partial charge in [-0.2, -0.15) is 0 Å². The van der Waals surface area contributed by atoms with Crippen LogP contribution in [0.2, 0.25) is 10.0 Å². The largest absolute Gasteiger partial charge is 0.304 e. The predicted octanol–water partition coefficient (Wildman–Crippen LogP) is 4.92. The second kappa shape index (κ2) is 5.99. The Morgan fingerprint density at radius 2 is 1.87 bits per heavy atom. The average Bonchev–Trinajstić information content (AvgIpc) is 2.50. The zero-order valence-electron chi connectivity index (χ0n) is 12.8. The molecule has 118 valence electrons. The van der Waals surface area contributed by atoms with Crippen LogP contribution in [0, 0.1) is 6.92 Å². The van der Waals surface area contributed by atoms with Crippen molar-refractivity contribution >= 4 is 40.6 Å². The first-order valence-corrected chi connectivity index (χ1v) is 8.06. The van der Waals surface area contributed by atoms with Crippen LogP contribution in [0.25, 0.3) is 0 Å². The number of benzene rings is 2. The second-order valence-corrected chi connectivity index (χ2v) is 6.62. The van der Waals surface area contributed by atoms with Gasteiger partial charge in [-0.05, 0) is 44.2 Å². The molecule has 1 heterocycles. The van der Waals surface area contributed by atoms with E-state index in [1.807, 2.05) is 32.0 Å². The van der Waals surface area contributed by atoms with Gasteiger partial charge in [-0.25, -0.2) is 0 Å². The summed E-state index contributed by atoms with van der Waals surface area (Å²) in [5.41, 5.74) is 2.69. The van der Waals surface area contributed by atoms with Crippen LogP contribution >= 0.6 is 23.2 Å². The maximum atomic E-state index is 12.9. The van der Waals surface area contributed by atoms with Crippen molar-refractivity contribution in [2.75, 3.05) is 4.90 Å². The first-order valence-electron chi connectivity index (χ1n) is 7.31. The normalized spacial score (nSPS) is 17.1. The third kappa shape index (κ3) is 2.87. The van der Waals surface area contributed by atoms with E-state index in [-0.39, 0.29) is 17.7 Å². The molecule has 0 radical (unpaired) electrons. The molecule has 3 rings (SSSR count). The minimum Gasteiger partial charge on any atom is -0.304 e. The summed E-state index contributed by atoms with van der Waals surface area (Å²) in [7, 11) is 0. The number of fused-ring (bicyclic) bond motifs is 1. The molecule has 0 aromatic heterocycles. The molecule has 2 aromatic carbocycles. The summed E-state index contributed by atoms with van der Waals surface area (Å²) in [6, 6.07) is 10.2. The number of carbonyl (C=O) groups excluding carboxylic acids is 2. The molecule has 0 aliphatic carbocycles. The van der Waals surface area contributed by atoms with Crippen molar-refractivity contribution in [3.63, 3.8) is 0 Å². The number of aryl methyl sites for hydroxylation is 1. The summed E-state index contributed by atoms with van der Waals surface area (Å²) >= 11 is 11.9. The van der Waals surface area contributed by atoms with Gasteiger partial charge in [0.25, 0.3) is 5.91 Å². The van der Waals surface area contributed by atoms with Gasteiger partial charge in [0.1, 0.15) is 0 Å². The Kier molecular flexibility index (Phi) is 4.17. The maximum absolute atomic E-state index is 12.9. The molecule has 0 bridgehead atoms. The highest BCUT2D eigenvalue weighted by molar-refractivity contribution is 6.42. The molecule has 0 spiro atoms. The van der Waals surface area contributed by atoms with Crippen molar-refractivity contribution < 1.29 is 9.59 Å². The maximum Gasteiger partial charge on any atom is 0.258 e. The molecule has 0 fully saturated rings. The van der Waals surface area contributed by atoms with Crippen LogP contribution in [0.5, 0.6) is 0 Å². The Hall–Kier alpha value is -1.84. The lowest BCUT2D eigenvalue weighted by molar-refractivity contribution is 0.0936. The highest BCUT2D eigenvalue weighted by Crippen LogP contribution is 2.33. The van der Waals surface area contributed by atoms with Gasteiger partial charge in [-0.1, -0.05) is 34.8 Å². The molecular formula is C18H15Cl2NO2. The fourth-order valence-electron chi connectivity index (χ4n) is 2.87. The number of hydrogen-bond donors (Lipinski definition) is 0. The zero-order valence-corrected chi connectivity index (χ0v) is 14.3. The minimum atomic E-state index is -0.209. The van der Waals surface area contributed by atoms with Gasteiger partial charge < -0.3 is 4.90 Å². The smallest absolute Gasteiger partial charge is 0.258 e. The number of ketones is 1. The molecule has 0 saturated heterocycles. The molecule has 0 saturated carbocycles. The highest BCUT2D eigenvalue weighted by Gasteiger charge is 2.33. The number of anilines is 1. The molecule has 1 aliphatic rings. The topological polar surface area (TPSA) is 37.4 Å². The standard InChI is InChI=1S/C18H15Cl2NO2/c1-10-3-6-16-13(7-10)17(22)8-11(2)21(16)18(23)12-4-5-14(19)15(20)9-12/h3-7,9,11H,8H2,1-2H3. The molecule has 1 aliphatic heterocycles. The summed E-state index contributed by atoms with van der Waals surface area (Å²) in [5.74, 6) is -0.122. The Labute approximate surface area is 144 Å². The second-order valence-electron chi connectivity index (χ2n) is 5.80. The van der Waals surface area contributed by atoms with Gasteiger partial charge in [0, 0.05) is 23.6 Å². The first kappa shape index (κ1) is 16.0. The highest BCUT2D eigenvalue weighted by atomic mass is 35.5. The molecule has 3 nitrogen and oxygen atoms in total. The van der Waals surface area contributed by atoms with E-state index in [1.165, 1.54) is 0 Å². The van der Waals surface area contributed by atoms with E-state index in [0.717, 1.165) is 5.56 Å². The minimum absolute atomic E-state index is 0.0642. The molecule has 1 atom stereocenters. The van der Waals surface area contributed by atoms with E-state index < -0.39 is 0 Å². The van der Waals surface area contributed by atoms with E-state index in [9.17, 15) is 9.59 Å². The van der Waals surface area contributed by atoms with Crippen LogP contribution in [-0.2, 0) is 0 Å². The SMILES string of the molecule is Cc1ccc2c(c1)C(=O)CC(C)N2C(=O)c1ccc(Cl)c(Cl)c1. The molecule has 2 aromatic rings. The fourth-order valence-corrected chi connectivity index (χ4v) is 3.17. The average molecular weight is 348 g/mol. The van der Waals surface area contributed by atoms with Crippen molar-refractivity contribution in [1.82, 2.24) is 0 Å². The van der Waals surface area contributed by atoms with E-state index >= 15 is 0 Å². The van der Waals surface area contributed by atoms with Gasteiger partial charge in [0.2, 0.25) is 0 Å². The number of amides is 1. The van der Waals surface area contributed by atoms with E-state index in [2.05, 4.69) is 0 Å².